The van der Waals surface area contributed by atoms with Gasteiger partial charge in [-0.1, -0.05) is 6.58 Å². The van der Waals surface area contributed by atoms with Crippen LogP contribution in [-0.2, 0) is 19.2 Å². The van der Waals surface area contributed by atoms with Crippen LogP contribution in [-0.4, -0.2) is 48.6 Å². The third kappa shape index (κ3) is 7.16. The van der Waals surface area contributed by atoms with E-state index in [1.165, 1.54) is 0 Å². The molecule has 15 heavy (non-hydrogen) atoms. The van der Waals surface area contributed by atoms with Crippen LogP contribution in [0.2, 0.25) is 0 Å². The van der Waals surface area contributed by atoms with Gasteiger partial charge in [0.15, 0.2) is 0 Å². The van der Waals surface area contributed by atoms with Crippen molar-refractivity contribution in [2.75, 3.05) is 27.7 Å². The van der Waals surface area contributed by atoms with Crippen molar-refractivity contribution in [2.24, 2.45) is 0 Å². The summed E-state index contributed by atoms with van der Waals surface area (Å²) in [5.41, 5.74) is -0.505. The van der Waals surface area contributed by atoms with Crippen LogP contribution in [0.3, 0.4) is 0 Å². The zero-order chi connectivity index (χ0) is 12.1. The summed E-state index contributed by atoms with van der Waals surface area (Å²) in [7, 11) is 2.98. The highest BCUT2D eigenvalue weighted by Gasteiger charge is 2.26. The fourth-order valence-electron chi connectivity index (χ4n) is 0.614. The second-order valence-electron chi connectivity index (χ2n) is 3.80. The Hall–Kier alpha value is -0.810. The van der Waals surface area contributed by atoms with Crippen LogP contribution in [0, 0.1) is 0 Å². The van der Waals surface area contributed by atoms with Crippen molar-refractivity contribution in [1.82, 2.24) is 0 Å². The zero-order valence-electron chi connectivity index (χ0n) is 8.97. The molecule has 0 aliphatic carbocycles. The maximum absolute atomic E-state index is 11.3. The Morgan fingerprint density at radius 1 is 1.47 bits per heavy atom. The topological polar surface area (TPSA) is 72.8 Å². The standard InChI is InChI=1S/C8H15NO5P/c1-5-7(10)13-14-15(12)8(11)6-9(2,3)4/h5,12H,1,6H2,2-4H3/q+1. The number of carbonyl (C=O) groups excluding carboxylic acids is 2. The number of hydrogen-bond donors (Lipinski definition) is 1. The van der Waals surface area contributed by atoms with Gasteiger partial charge in [-0.2, -0.15) is 0 Å². The molecule has 7 heteroatoms. The van der Waals surface area contributed by atoms with E-state index >= 15 is 0 Å². The predicted molar refractivity (Wildman–Crippen MR) is 54.4 cm³/mol. The highest BCUT2D eigenvalue weighted by Crippen LogP contribution is 2.33. The number of carbonyl (C=O) groups is 2. The Kier molecular flexibility index (Phi) is 5.60. The van der Waals surface area contributed by atoms with Crippen LogP contribution < -0.4 is 0 Å². The molecule has 0 amide bonds. The summed E-state index contributed by atoms with van der Waals surface area (Å²) in [6.45, 7) is 3.22. The average molecular weight is 236 g/mol. The number of quaternary nitrogens is 1. The van der Waals surface area contributed by atoms with Gasteiger partial charge >= 0.3 is 5.97 Å². The molecule has 0 aliphatic rings. The van der Waals surface area contributed by atoms with Gasteiger partial charge in [0.2, 0.25) is 0 Å². The molecule has 0 saturated carbocycles. The van der Waals surface area contributed by atoms with Crippen LogP contribution >= 0.6 is 8.38 Å². The first-order chi connectivity index (χ1) is 6.76. The van der Waals surface area contributed by atoms with E-state index in [1.54, 1.807) is 21.1 Å². The normalized spacial score (nSPS) is 13.1. The SMILES string of the molecule is C=CC(=O)OOP(O)C(=O)C[N+](C)(C)C. The highest BCUT2D eigenvalue weighted by molar-refractivity contribution is 7.65. The summed E-state index contributed by atoms with van der Waals surface area (Å²) >= 11 is 0. The molecule has 0 aromatic heterocycles. The molecule has 0 rings (SSSR count). The first kappa shape index (κ1) is 14.2. The Labute approximate surface area is 89.5 Å². The van der Waals surface area contributed by atoms with Gasteiger partial charge in [-0.3, -0.25) is 9.68 Å². The third-order valence-electron chi connectivity index (χ3n) is 1.18. The minimum atomic E-state index is -2.39. The van der Waals surface area contributed by atoms with E-state index in [2.05, 4.69) is 16.1 Å². The Balaban J connectivity index is 4.00. The lowest BCUT2D eigenvalue weighted by atomic mass is 10.5. The maximum Gasteiger partial charge on any atom is 0.365 e. The van der Waals surface area contributed by atoms with E-state index < -0.39 is 19.9 Å². The Bertz CT molecular complexity index is 260. The van der Waals surface area contributed by atoms with Gasteiger partial charge in [0, 0.05) is 6.08 Å². The summed E-state index contributed by atoms with van der Waals surface area (Å²) in [5, 5.41) is 0. The molecule has 0 aliphatic heterocycles. The molecule has 0 spiro atoms. The molecule has 0 aromatic rings. The smallest absolute Gasteiger partial charge is 0.342 e. The lowest BCUT2D eigenvalue weighted by Crippen LogP contribution is -2.39. The molecule has 0 bridgehead atoms. The van der Waals surface area contributed by atoms with Crippen LogP contribution in [0.4, 0.5) is 0 Å². The monoisotopic (exact) mass is 236 g/mol. The summed E-state index contributed by atoms with van der Waals surface area (Å²) in [5.74, 6) is -0.852. The fourth-order valence-corrected chi connectivity index (χ4v) is 1.39. The van der Waals surface area contributed by atoms with E-state index in [4.69, 9.17) is 0 Å². The molecule has 0 saturated heterocycles. The van der Waals surface area contributed by atoms with Crippen LogP contribution in [0.25, 0.3) is 0 Å². The van der Waals surface area contributed by atoms with Crippen molar-refractivity contribution < 1.29 is 28.5 Å². The molecule has 86 valence electrons. The molecule has 0 radical (unpaired) electrons. The maximum atomic E-state index is 11.3. The van der Waals surface area contributed by atoms with Crippen molar-refractivity contribution in [3.05, 3.63) is 12.7 Å². The molecule has 0 aromatic carbocycles. The van der Waals surface area contributed by atoms with Gasteiger partial charge < -0.3 is 9.38 Å². The predicted octanol–water partition coefficient (Wildman–Crippen LogP) is 0.184. The lowest BCUT2D eigenvalue weighted by Gasteiger charge is -2.22. The minimum Gasteiger partial charge on any atom is -0.342 e. The molecule has 1 unspecified atom stereocenters. The zero-order valence-corrected chi connectivity index (χ0v) is 9.86. The fraction of sp³-hybridized carbons (Fsp3) is 0.500. The highest BCUT2D eigenvalue weighted by atomic mass is 31.2. The summed E-state index contributed by atoms with van der Waals surface area (Å²) in [6.07, 6.45) is 0.869. The van der Waals surface area contributed by atoms with E-state index in [9.17, 15) is 14.5 Å². The van der Waals surface area contributed by atoms with Crippen molar-refractivity contribution in [3.8, 4) is 0 Å². The van der Waals surface area contributed by atoms with Crippen molar-refractivity contribution in [2.45, 2.75) is 0 Å². The van der Waals surface area contributed by atoms with Crippen LogP contribution in [0.1, 0.15) is 0 Å². The Morgan fingerprint density at radius 2 is 2.00 bits per heavy atom. The minimum absolute atomic E-state index is 0.0911. The van der Waals surface area contributed by atoms with Crippen molar-refractivity contribution >= 4 is 19.9 Å². The molecule has 1 atom stereocenters. The van der Waals surface area contributed by atoms with Gasteiger partial charge in [-0.15, -0.1) is 4.67 Å². The first-order valence-electron chi connectivity index (χ1n) is 4.09. The van der Waals surface area contributed by atoms with Gasteiger partial charge in [0.25, 0.3) is 13.9 Å². The number of rotatable bonds is 6. The Morgan fingerprint density at radius 3 is 2.40 bits per heavy atom. The van der Waals surface area contributed by atoms with E-state index in [0.717, 1.165) is 6.08 Å². The van der Waals surface area contributed by atoms with Crippen LogP contribution in [0.15, 0.2) is 12.7 Å². The van der Waals surface area contributed by atoms with Gasteiger partial charge in [-0.05, 0) is 0 Å². The summed E-state index contributed by atoms with van der Waals surface area (Å²) < 4.78 is 4.60. The number of hydrogen-bond acceptors (Lipinski definition) is 5. The molecule has 0 fully saturated rings. The van der Waals surface area contributed by atoms with E-state index in [0.29, 0.717) is 4.48 Å². The molecule has 1 N–H and O–H groups in total. The van der Waals surface area contributed by atoms with E-state index in [-0.39, 0.29) is 6.54 Å². The number of likely N-dealkylation sites (N-methyl/N-ethyl adjacent to an activating group) is 1. The lowest BCUT2D eigenvalue weighted by molar-refractivity contribution is -0.861. The quantitative estimate of drug-likeness (QED) is 0.234. The molecular weight excluding hydrogens is 221 g/mol. The molecule has 6 nitrogen and oxygen atoms in total. The second kappa shape index (κ2) is 5.92. The largest absolute Gasteiger partial charge is 0.365 e. The molecule has 0 heterocycles. The van der Waals surface area contributed by atoms with Crippen LogP contribution in [0.5, 0.6) is 0 Å². The second-order valence-corrected chi connectivity index (χ2v) is 4.99. The average Bonchev–Trinajstić information content (AvgIpc) is 2.10. The first-order valence-corrected chi connectivity index (χ1v) is 5.31. The number of nitrogens with zero attached hydrogens (tertiary/aromatic N) is 1. The van der Waals surface area contributed by atoms with Gasteiger partial charge in [-0.25, -0.2) is 4.79 Å². The third-order valence-corrected chi connectivity index (χ3v) is 1.96. The van der Waals surface area contributed by atoms with E-state index in [1.807, 2.05) is 0 Å². The summed E-state index contributed by atoms with van der Waals surface area (Å²) in [4.78, 5) is 35.1. The van der Waals surface area contributed by atoms with Crippen molar-refractivity contribution in [1.29, 1.82) is 0 Å². The van der Waals surface area contributed by atoms with Crippen molar-refractivity contribution in [3.63, 3.8) is 0 Å². The molecular formula is C8H15NO5P+. The van der Waals surface area contributed by atoms with Gasteiger partial charge in [0.1, 0.15) is 6.54 Å². The van der Waals surface area contributed by atoms with Gasteiger partial charge in [0.05, 0.1) is 21.1 Å². The summed E-state index contributed by atoms with van der Waals surface area (Å²) in [6, 6.07) is 0.